The molecule has 0 amide bonds. The molecule has 3 fully saturated rings. The Labute approximate surface area is 290 Å². The summed E-state index contributed by atoms with van der Waals surface area (Å²) < 4.78 is 34.0. The zero-order valence-corrected chi connectivity index (χ0v) is 30.5. The molecule has 1 aliphatic carbocycles. The SMILES string of the molecule is C=C=C1CCCN(CC2=CN3COCN(C4CCCCC([C@H](C(CC)CC)C5C#[N+]NCN5C)CC4)C(CC(C(F)(F)I)=C2)C3)C1. The molecular weight excluding hydrogens is 697 g/mol. The van der Waals surface area contributed by atoms with Crippen molar-refractivity contribution < 1.29 is 13.5 Å². The number of ether oxygens (including phenoxy) is 1. The van der Waals surface area contributed by atoms with Crippen LogP contribution in [-0.2, 0) is 4.74 Å². The molecule has 4 unspecified atom stereocenters. The van der Waals surface area contributed by atoms with Gasteiger partial charge in [0.2, 0.25) is 0 Å². The molecule has 5 aliphatic rings. The molecule has 0 aromatic heterocycles. The summed E-state index contributed by atoms with van der Waals surface area (Å²) in [5.41, 5.74) is 8.53. The second kappa shape index (κ2) is 16.8. The molecule has 4 aliphatic heterocycles. The van der Waals surface area contributed by atoms with Gasteiger partial charge in [0.1, 0.15) is 20.1 Å². The number of nitrogens with one attached hydrogen (secondary N) is 1. The van der Waals surface area contributed by atoms with E-state index < -0.39 is 3.93 Å². The lowest BCUT2D eigenvalue weighted by Crippen LogP contribution is -2.49. The minimum absolute atomic E-state index is 0.0220. The largest absolute Gasteiger partial charge is 0.353 e. The maximum Gasteiger partial charge on any atom is 0.338 e. The minimum atomic E-state index is -2.90. The lowest BCUT2D eigenvalue weighted by atomic mass is 9.69. The highest BCUT2D eigenvalue weighted by Crippen LogP contribution is 2.42. The second-order valence-electron chi connectivity index (χ2n) is 14.3. The number of hydrogen-bond donors (Lipinski definition) is 1. The molecule has 2 bridgehead atoms. The summed E-state index contributed by atoms with van der Waals surface area (Å²) in [6, 6.07) is 3.96. The highest BCUT2D eigenvalue weighted by Gasteiger charge is 2.42. The Morgan fingerprint density at radius 3 is 2.70 bits per heavy atom. The van der Waals surface area contributed by atoms with Crippen LogP contribution < -0.4 is 5.43 Å². The fourth-order valence-corrected chi connectivity index (χ4v) is 9.19. The van der Waals surface area contributed by atoms with Crippen molar-refractivity contribution in [2.45, 2.75) is 107 Å². The van der Waals surface area contributed by atoms with Crippen LogP contribution in [0.15, 0.2) is 41.3 Å². The van der Waals surface area contributed by atoms with Crippen LogP contribution in [0.5, 0.6) is 0 Å². The van der Waals surface area contributed by atoms with E-state index >= 15 is 8.78 Å². The number of likely N-dealkylation sites (tertiary alicyclic amines) is 1. The second-order valence-corrected chi connectivity index (χ2v) is 15.6. The predicted molar refractivity (Wildman–Crippen MR) is 191 cm³/mol. The molecule has 0 radical (unpaired) electrons. The van der Waals surface area contributed by atoms with Crippen molar-refractivity contribution in [1.29, 1.82) is 0 Å². The molecule has 2 saturated heterocycles. The zero-order chi connectivity index (χ0) is 32.7. The van der Waals surface area contributed by atoms with Crippen molar-refractivity contribution in [3.8, 4) is 6.07 Å². The molecule has 4 heterocycles. The van der Waals surface area contributed by atoms with Gasteiger partial charge < -0.3 is 9.64 Å². The normalized spacial score (nSPS) is 29.9. The first-order valence-corrected chi connectivity index (χ1v) is 18.8. The summed E-state index contributed by atoms with van der Waals surface area (Å²) in [4.78, 5) is 13.8. The van der Waals surface area contributed by atoms with E-state index in [-0.39, 0.29) is 17.7 Å². The van der Waals surface area contributed by atoms with Crippen molar-refractivity contribution in [3.63, 3.8) is 0 Å². The van der Waals surface area contributed by atoms with E-state index in [0.29, 0.717) is 56.8 Å². The van der Waals surface area contributed by atoms with Gasteiger partial charge in [-0.2, -0.15) is 8.78 Å². The van der Waals surface area contributed by atoms with Crippen LogP contribution in [0.1, 0.15) is 84.5 Å². The molecule has 0 aromatic carbocycles. The Morgan fingerprint density at radius 1 is 1.15 bits per heavy atom. The van der Waals surface area contributed by atoms with E-state index in [2.05, 4.69) is 75.5 Å². The molecule has 10 heteroatoms. The van der Waals surface area contributed by atoms with Gasteiger partial charge in [-0.3, -0.25) is 14.7 Å². The maximum atomic E-state index is 15.3. The first kappa shape index (κ1) is 35.8. The summed E-state index contributed by atoms with van der Waals surface area (Å²) in [5, 5.41) is 0. The third-order valence-electron chi connectivity index (χ3n) is 11.2. The third-order valence-corrected chi connectivity index (χ3v) is 11.9. The standard InChI is InChI=1S/C36H56F2IN6O/c1-5-27-11-10-16-43(20-27)21-28-17-31(36(37,38)39)18-33-23-44(22-28)25-46-26-45(33)32-13-9-8-12-30(14-15-32)35(29(6-2)7-3)34-19-40-41-24-42(34)4/h17,22,29-30,32-35,41H,1,6-16,18,20-21,23-26H2,2-4H3/q+1/t30?,32?,33?,34?,35-/m0/s1. The van der Waals surface area contributed by atoms with Crippen LogP contribution in [0.3, 0.4) is 0 Å². The van der Waals surface area contributed by atoms with Crippen LogP contribution >= 0.6 is 22.6 Å². The highest BCUT2D eigenvalue weighted by molar-refractivity contribution is 14.1. The quantitative estimate of drug-likeness (QED) is 0.150. The summed E-state index contributed by atoms with van der Waals surface area (Å²) in [5.74, 6) is 1.73. The van der Waals surface area contributed by atoms with E-state index in [1.54, 1.807) is 6.08 Å². The van der Waals surface area contributed by atoms with Gasteiger partial charge in [-0.05, 0) is 81.0 Å². The van der Waals surface area contributed by atoms with Crippen LogP contribution in [0, 0.1) is 23.8 Å². The van der Waals surface area contributed by atoms with Gasteiger partial charge in [-0.15, -0.1) is 5.73 Å². The average Bonchev–Trinajstić information content (AvgIpc) is 3.22. The number of fused-ring (bicyclic) bond motifs is 2. The van der Waals surface area contributed by atoms with Gasteiger partial charge in [0.05, 0.1) is 4.95 Å². The minimum Gasteiger partial charge on any atom is -0.353 e. The number of rotatable bonds is 9. The number of halogens is 3. The van der Waals surface area contributed by atoms with Crippen molar-refractivity contribution in [3.05, 3.63) is 46.3 Å². The van der Waals surface area contributed by atoms with Gasteiger partial charge in [-0.1, -0.05) is 64.0 Å². The smallest absolute Gasteiger partial charge is 0.338 e. The van der Waals surface area contributed by atoms with E-state index in [9.17, 15) is 0 Å². The summed E-state index contributed by atoms with van der Waals surface area (Å²) in [6.07, 6.45) is 15.6. The van der Waals surface area contributed by atoms with Crippen molar-refractivity contribution in [2.75, 3.05) is 53.4 Å². The lowest BCUT2D eigenvalue weighted by Gasteiger charge is -2.42. The van der Waals surface area contributed by atoms with Gasteiger partial charge in [0, 0.05) is 66.1 Å². The molecule has 1 N–H and O–H groups in total. The zero-order valence-electron chi connectivity index (χ0n) is 28.3. The fourth-order valence-electron chi connectivity index (χ4n) is 8.81. The van der Waals surface area contributed by atoms with Crippen molar-refractivity contribution >= 4 is 22.6 Å². The maximum absolute atomic E-state index is 15.3. The third kappa shape index (κ3) is 9.15. The van der Waals surface area contributed by atoms with Gasteiger partial charge in [0.25, 0.3) is 0 Å². The molecule has 5 rings (SSSR count). The predicted octanol–water partition coefficient (Wildman–Crippen LogP) is 7.45. The lowest BCUT2D eigenvalue weighted by molar-refractivity contribution is -0.0195. The summed E-state index contributed by atoms with van der Waals surface area (Å²) in [6.45, 7) is 13.3. The number of alkyl halides is 3. The highest BCUT2D eigenvalue weighted by atomic mass is 127. The monoisotopic (exact) mass is 753 g/mol. The first-order chi connectivity index (χ1) is 22.2. The molecule has 5 atom stereocenters. The average molecular weight is 754 g/mol. The molecule has 46 heavy (non-hydrogen) atoms. The number of hydrogen-bond acceptors (Lipinski definition) is 6. The van der Waals surface area contributed by atoms with Crippen LogP contribution in [0.2, 0.25) is 0 Å². The van der Waals surface area contributed by atoms with E-state index in [1.165, 1.54) is 41.0 Å². The summed E-state index contributed by atoms with van der Waals surface area (Å²) in [7, 11) is 2.19. The topological polar surface area (TPSA) is 38.6 Å². The fraction of sp³-hybridized carbons (Fsp3) is 0.778. The molecule has 0 aromatic rings. The van der Waals surface area contributed by atoms with Crippen LogP contribution in [-0.4, -0.2) is 95.0 Å². The van der Waals surface area contributed by atoms with Crippen molar-refractivity contribution in [2.24, 2.45) is 17.8 Å². The van der Waals surface area contributed by atoms with Gasteiger partial charge in [-0.25, -0.2) is 0 Å². The first-order valence-electron chi connectivity index (χ1n) is 17.7. The van der Waals surface area contributed by atoms with Gasteiger partial charge in [0.15, 0.2) is 6.04 Å². The van der Waals surface area contributed by atoms with Crippen LogP contribution in [0.25, 0.3) is 4.95 Å². The molecule has 0 spiro atoms. The Hall–Kier alpha value is -1.48. The van der Waals surface area contributed by atoms with E-state index in [0.717, 1.165) is 76.7 Å². The Balaban J connectivity index is 1.34. The Kier molecular flexibility index (Phi) is 13.0. The molecule has 1 saturated carbocycles. The van der Waals surface area contributed by atoms with Crippen LogP contribution in [0.4, 0.5) is 8.78 Å². The van der Waals surface area contributed by atoms with E-state index in [4.69, 9.17) is 4.74 Å². The van der Waals surface area contributed by atoms with Gasteiger partial charge >= 0.3 is 10.00 Å². The number of piperidine rings is 1. The van der Waals surface area contributed by atoms with E-state index in [1.807, 2.05) is 0 Å². The summed E-state index contributed by atoms with van der Waals surface area (Å²) >= 11 is 1.34. The molecule has 7 nitrogen and oxygen atoms in total. The Morgan fingerprint density at radius 2 is 1.96 bits per heavy atom. The van der Waals surface area contributed by atoms with Crippen molar-refractivity contribution in [1.82, 2.24) is 25.0 Å². The Bertz CT molecular complexity index is 1200. The molecular formula is C36H56F2IN6O+. The molecule has 256 valence electrons. The number of nitrogens with zero attached hydrogens (tertiary/aromatic N) is 5.